The molecule has 0 radical (unpaired) electrons. The Bertz CT molecular complexity index is 230. The fourth-order valence-electron chi connectivity index (χ4n) is 0.730. The van der Waals surface area contributed by atoms with Crippen molar-refractivity contribution in [3.8, 4) is 5.75 Å². The fourth-order valence-corrected chi connectivity index (χ4v) is 4.16. The van der Waals surface area contributed by atoms with Crippen LogP contribution in [0.4, 0.5) is 0 Å². The lowest BCUT2D eigenvalue weighted by atomic mass is 10.2. The lowest BCUT2D eigenvalue weighted by Crippen LogP contribution is -1.94. The van der Waals surface area contributed by atoms with Crippen molar-refractivity contribution < 1.29 is 5.11 Å². The first-order chi connectivity index (χ1) is 5.46. The molecule has 66 valence electrons. The van der Waals surface area contributed by atoms with Crippen LogP contribution in [-0.2, 0) is 0 Å². The molecule has 0 saturated carbocycles. The van der Waals surface area contributed by atoms with Crippen LogP contribution in [0.15, 0.2) is 0 Å². The van der Waals surface area contributed by atoms with E-state index in [2.05, 4.69) is 90.4 Å². The van der Waals surface area contributed by atoms with Gasteiger partial charge in [-0.05, 0) is 97.3 Å². The van der Waals surface area contributed by atoms with Crippen molar-refractivity contribution in [2.24, 2.45) is 0 Å². The molecule has 1 rings (SSSR count). The Hall–Kier alpha value is 1.94. The summed E-state index contributed by atoms with van der Waals surface area (Å²) in [6, 6.07) is 0. The molecule has 1 N–H and O–H groups in total. The molecule has 0 aliphatic heterocycles. The molecule has 0 aliphatic carbocycles. The maximum atomic E-state index is 9.67. The Balaban J connectivity index is 3.60. The van der Waals surface area contributed by atoms with Crippen LogP contribution >= 0.6 is 90.4 Å². The van der Waals surface area contributed by atoms with E-state index in [1.807, 2.05) is 6.92 Å². The van der Waals surface area contributed by atoms with Crippen LogP contribution in [0.2, 0.25) is 0 Å². The van der Waals surface area contributed by atoms with Gasteiger partial charge in [-0.25, -0.2) is 0 Å². The quantitative estimate of drug-likeness (QED) is 0.266. The largest absolute Gasteiger partial charge is 0.506 e. The normalized spacial score (nSPS) is 10.4. The van der Waals surface area contributed by atoms with Crippen molar-refractivity contribution in [1.29, 1.82) is 0 Å². The van der Waals surface area contributed by atoms with E-state index in [4.69, 9.17) is 0 Å². The molecule has 0 unspecified atom stereocenters. The lowest BCUT2D eigenvalue weighted by Gasteiger charge is -2.09. The Morgan fingerprint density at radius 2 is 1.25 bits per heavy atom. The van der Waals surface area contributed by atoms with Gasteiger partial charge in [-0.15, -0.1) is 0 Å². The van der Waals surface area contributed by atoms with Gasteiger partial charge in [0.05, 0.1) is 3.57 Å². The molecular formula is C7H4I4O. The van der Waals surface area contributed by atoms with Gasteiger partial charge in [-0.3, -0.25) is 0 Å². The van der Waals surface area contributed by atoms with E-state index < -0.39 is 0 Å². The standard InChI is InChI=1S/C7H4I4O/c1-2-3(8)4(9)5(10)6(11)7(2)12/h12H,1H3. The predicted octanol–water partition coefficient (Wildman–Crippen LogP) is 4.12. The van der Waals surface area contributed by atoms with Crippen molar-refractivity contribution in [1.82, 2.24) is 0 Å². The average Bonchev–Trinajstić information content (AvgIpc) is 2.08. The number of aromatic hydroxyl groups is 1. The number of phenols is 1. The van der Waals surface area contributed by atoms with Crippen LogP contribution in [0.3, 0.4) is 0 Å². The minimum atomic E-state index is 0.421. The van der Waals surface area contributed by atoms with Gasteiger partial charge in [0, 0.05) is 16.3 Å². The number of hydrogen-bond donors (Lipinski definition) is 1. The summed E-state index contributed by atoms with van der Waals surface area (Å²) >= 11 is 9.00. The van der Waals surface area contributed by atoms with Crippen LogP contribution in [0.1, 0.15) is 5.56 Å². The smallest absolute Gasteiger partial charge is 0.134 e. The van der Waals surface area contributed by atoms with E-state index in [9.17, 15) is 5.11 Å². The highest BCUT2D eigenvalue weighted by molar-refractivity contribution is 14.1. The molecule has 0 bridgehead atoms. The molecule has 1 nitrogen and oxygen atoms in total. The molecule has 0 amide bonds. The van der Waals surface area contributed by atoms with E-state index in [-0.39, 0.29) is 0 Å². The lowest BCUT2D eigenvalue weighted by molar-refractivity contribution is 0.466. The van der Waals surface area contributed by atoms with E-state index in [1.54, 1.807) is 0 Å². The third-order valence-corrected chi connectivity index (χ3v) is 9.12. The van der Waals surface area contributed by atoms with Crippen LogP contribution in [-0.4, -0.2) is 5.11 Å². The summed E-state index contributed by atoms with van der Waals surface area (Å²) in [5.74, 6) is 0.421. The van der Waals surface area contributed by atoms with Crippen LogP contribution in [0, 0.1) is 21.2 Å². The molecule has 0 aliphatic rings. The minimum Gasteiger partial charge on any atom is -0.506 e. The summed E-state index contributed by atoms with van der Waals surface area (Å²) in [6.07, 6.45) is 0. The monoisotopic (exact) mass is 612 g/mol. The molecule has 1 aromatic rings. The van der Waals surface area contributed by atoms with Gasteiger partial charge in [0.1, 0.15) is 5.75 Å². The molecular weight excluding hydrogens is 608 g/mol. The van der Waals surface area contributed by atoms with Crippen molar-refractivity contribution in [3.05, 3.63) is 19.8 Å². The molecule has 0 heterocycles. The SMILES string of the molecule is Cc1c(O)c(I)c(I)c(I)c1I. The van der Waals surface area contributed by atoms with E-state index in [0.29, 0.717) is 5.75 Å². The van der Waals surface area contributed by atoms with Gasteiger partial charge in [0.15, 0.2) is 0 Å². The highest BCUT2D eigenvalue weighted by Gasteiger charge is 2.14. The zero-order chi connectivity index (χ0) is 9.46. The van der Waals surface area contributed by atoms with Gasteiger partial charge >= 0.3 is 0 Å². The summed E-state index contributed by atoms with van der Waals surface area (Å²) in [7, 11) is 0. The maximum Gasteiger partial charge on any atom is 0.134 e. The first-order valence-corrected chi connectivity index (χ1v) is 7.29. The summed E-state index contributed by atoms with van der Waals surface area (Å²) in [6.45, 7) is 1.94. The Morgan fingerprint density at radius 3 is 1.75 bits per heavy atom. The topological polar surface area (TPSA) is 20.2 Å². The summed E-state index contributed by atoms with van der Waals surface area (Å²) in [5, 5.41) is 9.67. The molecule has 1 aromatic carbocycles. The molecule has 5 heteroatoms. The van der Waals surface area contributed by atoms with Gasteiger partial charge < -0.3 is 5.11 Å². The highest BCUT2D eigenvalue weighted by Crippen LogP contribution is 2.35. The van der Waals surface area contributed by atoms with Gasteiger partial charge in [0.25, 0.3) is 0 Å². The second-order valence-electron chi connectivity index (χ2n) is 2.23. The van der Waals surface area contributed by atoms with Crippen molar-refractivity contribution in [3.63, 3.8) is 0 Å². The molecule has 0 saturated heterocycles. The third kappa shape index (κ3) is 2.12. The first kappa shape index (κ1) is 12.0. The van der Waals surface area contributed by atoms with E-state index >= 15 is 0 Å². The van der Waals surface area contributed by atoms with Gasteiger partial charge in [0.2, 0.25) is 0 Å². The molecule has 0 spiro atoms. The van der Waals surface area contributed by atoms with Gasteiger partial charge in [-0.2, -0.15) is 0 Å². The predicted molar refractivity (Wildman–Crippen MR) is 83.7 cm³/mol. The van der Waals surface area contributed by atoms with Crippen LogP contribution in [0.5, 0.6) is 5.75 Å². The van der Waals surface area contributed by atoms with Crippen molar-refractivity contribution in [2.45, 2.75) is 6.92 Å². The Morgan fingerprint density at radius 1 is 0.833 bits per heavy atom. The van der Waals surface area contributed by atoms with Crippen LogP contribution in [0.25, 0.3) is 0 Å². The molecule has 0 fully saturated rings. The Kier molecular flexibility index (Phi) is 4.64. The van der Waals surface area contributed by atoms with Crippen molar-refractivity contribution in [2.75, 3.05) is 0 Å². The molecule has 12 heavy (non-hydrogen) atoms. The maximum absolute atomic E-state index is 9.67. The number of hydrogen-bond acceptors (Lipinski definition) is 1. The molecule has 0 atom stereocenters. The zero-order valence-electron chi connectivity index (χ0n) is 5.96. The summed E-state index contributed by atoms with van der Waals surface area (Å²) in [5.41, 5.74) is 0.977. The average molecular weight is 612 g/mol. The summed E-state index contributed by atoms with van der Waals surface area (Å²) in [4.78, 5) is 0. The zero-order valence-corrected chi connectivity index (χ0v) is 14.6. The Labute approximate surface area is 126 Å². The fraction of sp³-hybridized carbons (Fsp3) is 0.143. The van der Waals surface area contributed by atoms with E-state index in [1.165, 1.54) is 3.57 Å². The second kappa shape index (κ2) is 4.64. The third-order valence-electron chi connectivity index (χ3n) is 1.47. The van der Waals surface area contributed by atoms with Crippen LogP contribution < -0.4 is 0 Å². The number of benzene rings is 1. The number of phenolic OH excluding ortho intramolecular Hbond substituents is 1. The number of rotatable bonds is 0. The van der Waals surface area contributed by atoms with E-state index in [0.717, 1.165) is 16.3 Å². The highest BCUT2D eigenvalue weighted by atomic mass is 127. The summed E-state index contributed by atoms with van der Waals surface area (Å²) < 4.78 is 4.47. The van der Waals surface area contributed by atoms with Crippen molar-refractivity contribution >= 4 is 90.4 Å². The minimum absolute atomic E-state index is 0.421. The van der Waals surface area contributed by atoms with Gasteiger partial charge in [-0.1, -0.05) is 0 Å². The first-order valence-electron chi connectivity index (χ1n) is 2.98. The number of halogens is 4. The second-order valence-corrected chi connectivity index (χ2v) is 6.54. The molecule has 0 aromatic heterocycles.